The Bertz CT molecular complexity index is 3510. The maximum atomic E-state index is 13.7. The van der Waals surface area contributed by atoms with E-state index in [1.807, 2.05) is 141 Å². The van der Waals surface area contributed by atoms with Crippen LogP contribution < -0.4 is 0 Å². The Balaban J connectivity index is 0.000000428. The first-order valence-corrected chi connectivity index (χ1v) is 21.8. The summed E-state index contributed by atoms with van der Waals surface area (Å²) in [5.41, 5.74) is 7.44. The molecule has 0 N–H and O–H groups in total. The van der Waals surface area contributed by atoms with Crippen LogP contribution in [0.4, 0.5) is 17.6 Å². The molecule has 10 aromatic rings. The standard InChI is InChI=1S/C47H41F3N3O.C11H7FN.Ir/c1-28(2)34-11-9-12-35(29(3)4)42(34)53-41-16-8-7-15-40(41)51-44(53)38-14-10-13-36-37-25-26-39(52-45(37)54-43(36)38)33-23-21-32(22-24-33)31-19-17-30(18-20-31)27-46(5,6)47(48,49)50;12-10-6-4-9(5-7-10)11-3-1-2-8-13-11;/h7-13,15-26,28-29H,27H2,1-6H3;1-4,6-8H;/q2*-1;/i27D2,28D,29D;;. The van der Waals surface area contributed by atoms with E-state index in [9.17, 15) is 17.6 Å². The van der Waals surface area contributed by atoms with E-state index in [0.29, 0.717) is 28.4 Å². The number of benzene rings is 6. The first-order valence-electron chi connectivity index (χ1n) is 23.8. The van der Waals surface area contributed by atoms with Crippen LogP contribution in [0.25, 0.3) is 83.8 Å². The molecule has 5 nitrogen and oxygen atoms in total. The van der Waals surface area contributed by atoms with Gasteiger partial charge in [-0.05, 0) is 82.0 Å². The number of fused-ring (bicyclic) bond motifs is 4. The molecule has 0 aliphatic heterocycles. The molecule has 0 saturated carbocycles. The van der Waals surface area contributed by atoms with Crippen molar-refractivity contribution in [1.82, 2.24) is 19.5 Å². The predicted octanol–water partition coefficient (Wildman–Crippen LogP) is 16.2. The predicted molar refractivity (Wildman–Crippen MR) is 261 cm³/mol. The number of halogens is 4. The van der Waals surface area contributed by atoms with Gasteiger partial charge in [-0.15, -0.1) is 48.0 Å². The van der Waals surface area contributed by atoms with Crippen molar-refractivity contribution >= 4 is 33.1 Å². The van der Waals surface area contributed by atoms with E-state index in [1.54, 1.807) is 24.4 Å². The summed E-state index contributed by atoms with van der Waals surface area (Å²) in [7, 11) is 0. The topological polar surface area (TPSA) is 56.7 Å². The number of alkyl halides is 3. The van der Waals surface area contributed by atoms with Crippen LogP contribution in [0, 0.1) is 23.4 Å². The van der Waals surface area contributed by atoms with Crippen LogP contribution in [0.5, 0.6) is 0 Å². The fraction of sp³-hybridized carbons (Fsp3) is 0.190. The zero-order valence-electron chi connectivity index (χ0n) is 42.1. The molecule has 0 bridgehead atoms. The van der Waals surface area contributed by atoms with Gasteiger partial charge in [0.1, 0.15) is 0 Å². The Morgan fingerprint density at radius 2 is 1.35 bits per heavy atom. The van der Waals surface area contributed by atoms with Crippen molar-refractivity contribution in [1.29, 1.82) is 0 Å². The van der Waals surface area contributed by atoms with Gasteiger partial charge in [-0.25, -0.2) is 4.98 Å². The number of furan rings is 1. The van der Waals surface area contributed by atoms with Gasteiger partial charge < -0.3 is 14.0 Å². The summed E-state index contributed by atoms with van der Waals surface area (Å²) in [6.07, 6.45) is -5.65. The van der Waals surface area contributed by atoms with Crippen molar-refractivity contribution in [3.63, 3.8) is 0 Å². The van der Waals surface area contributed by atoms with Crippen LogP contribution >= 0.6 is 0 Å². The molecule has 4 heterocycles. The number of hydrogen-bond donors (Lipinski definition) is 0. The van der Waals surface area contributed by atoms with Gasteiger partial charge >= 0.3 is 6.18 Å². The third-order valence-corrected chi connectivity index (χ3v) is 11.7. The average molecular weight is 1090 g/mol. The monoisotopic (exact) mass is 1090 g/mol. The zero-order chi connectivity index (χ0) is 50.7. The van der Waals surface area contributed by atoms with Crippen molar-refractivity contribution in [3.8, 4) is 50.7 Å². The average Bonchev–Trinajstić information content (AvgIpc) is 3.92. The van der Waals surface area contributed by atoms with Crippen LogP contribution in [0.15, 0.2) is 162 Å². The largest absolute Gasteiger partial charge is 0.486 e. The molecule has 4 aromatic heterocycles. The molecule has 345 valence electrons. The van der Waals surface area contributed by atoms with E-state index in [-0.39, 0.29) is 31.5 Å². The molecular weight excluding hydrogens is 1040 g/mol. The molecule has 0 unspecified atom stereocenters. The minimum atomic E-state index is -4.72. The maximum absolute atomic E-state index is 13.7. The third kappa shape index (κ3) is 9.53. The summed E-state index contributed by atoms with van der Waals surface area (Å²) in [6, 6.07) is 51.2. The summed E-state index contributed by atoms with van der Waals surface area (Å²) in [5, 5.41) is 1.64. The molecule has 0 atom stereocenters. The summed E-state index contributed by atoms with van der Waals surface area (Å²) < 4.78 is 97.2. The number of nitrogens with zero attached hydrogens (tertiary/aromatic N) is 4. The molecule has 6 aromatic carbocycles. The minimum Gasteiger partial charge on any atom is -0.486 e. The quantitative estimate of drug-likeness (QED) is 0.107. The van der Waals surface area contributed by atoms with Gasteiger partial charge in [0.2, 0.25) is 5.71 Å². The summed E-state index contributed by atoms with van der Waals surface area (Å²) in [4.78, 5) is 14.2. The van der Waals surface area contributed by atoms with Crippen LogP contribution in [0.3, 0.4) is 0 Å². The van der Waals surface area contributed by atoms with Gasteiger partial charge in [0.05, 0.1) is 33.5 Å². The number of hydrogen-bond acceptors (Lipinski definition) is 4. The van der Waals surface area contributed by atoms with Crippen LogP contribution in [-0.2, 0) is 26.5 Å². The fourth-order valence-electron chi connectivity index (χ4n) is 8.06. The number of pyridine rings is 2. The molecule has 0 aliphatic rings. The number of para-hydroxylation sites is 3. The van der Waals surface area contributed by atoms with Crippen molar-refractivity contribution in [3.05, 3.63) is 192 Å². The minimum absolute atomic E-state index is 0. The maximum Gasteiger partial charge on any atom is 0.394 e. The molecule has 0 saturated heterocycles. The second-order valence-corrected chi connectivity index (χ2v) is 17.2. The molecule has 0 aliphatic carbocycles. The van der Waals surface area contributed by atoms with E-state index in [1.165, 1.54) is 24.3 Å². The van der Waals surface area contributed by atoms with E-state index in [4.69, 9.17) is 19.9 Å². The first kappa shape index (κ1) is 42.6. The van der Waals surface area contributed by atoms with E-state index in [0.717, 1.165) is 80.4 Å². The van der Waals surface area contributed by atoms with Crippen LogP contribution in [-0.4, -0.2) is 25.7 Å². The summed E-state index contributed by atoms with van der Waals surface area (Å²) >= 11 is 0. The Hall–Kier alpha value is -6.74. The normalized spacial score (nSPS) is 13.3. The summed E-state index contributed by atoms with van der Waals surface area (Å²) in [6.45, 7) is 9.14. The molecule has 1 radical (unpaired) electrons. The van der Waals surface area contributed by atoms with E-state index < -0.39 is 29.8 Å². The number of aromatic nitrogens is 4. The molecule has 0 fully saturated rings. The Labute approximate surface area is 412 Å². The zero-order valence-corrected chi connectivity index (χ0v) is 40.4. The van der Waals surface area contributed by atoms with Crippen molar-refractivity contribution in [2.45, 2.75) is 65.9 Å². The molecule has 10 rings (SSSR count). The van der Waals surface area contributed by atoms with Gasteiger partial charge in [0.15, 0.2) is 0 Å². The number of imidazole rings is 1. The molecular formula is C58H48F4IrN4O-2. The SMILES string of the molecule is Fc1c[c-]c(-c2ccccn2)cc1.[2H]C(C)(C)c1cccc(C([2H])(C)C)c1-n1c(-c2[c-]ccc3c2oc2nc(-c4ccc(-c5ccc(C([2H])([2H])C(C)(C)C(F)(F)F)cc5)cc4)ccc23)nc2ccccc21.[Ir]. The Morgan fingerprint density at radius 3 is 1.99 bits per heavy atom. The first-order chi connectivity index (χ1) is 33.5. The van der Waals surface area contributed by atoms with Crippen molar-refractivity contribution < 1.29 is 47.6 Å². The van der Waals surface area contributed by atoms with Gasteiger partial charge in [-0.1, -0.05) is 143 Å². The van der Waals surface area contributed by atoms with Crippen molar-refractivity contribution in [2.75, 3.05) is 0 Å². The second-order valence-electron chi connectivity index (χ2n) is 17.2. The van der Waals surface area contributed by atoms with Crippen LogP contribution in [0.2, 0.25) is 0 Å². The van der Waals surface area contributed by atoms with E-state index in [2.05, 4.69) is 17.1 Å². The van der Waals surface area contributed by atoms with Gasteiger partial charge in [0, 0.05) is 54.2 Å². The van der Waals surface area contributed by atoms with E-state index >= 15 is 0 Å². The third-order valence-electron chi connectivity index (χ3n) is 11.7. The Kier molecular flexibility index (Phi) is 12.2. The second kappa shape index (κ2) is 19.5. The van der Waals surface area contributed by atoms with Gasteiger partial charge in [0.25, 0.3) is 0 Å². The van der Waals surface area contributed by atoms with Gasteiger partial charge in [-0.3, -0.25) is 9.37 Å². The number of rotatable bonds is 9. The molecule has 68 heavy (non-hydrogen) atoms. The molecule has 0 amide bonds. The molecule has 10 heteroatoms. The summed E-state index contributed by atoms with van der Waals surface area (Å²) in [5.74, 6) is -1.70. The fourth-order valence-corrected chi connectivity index (χ4v) is 8.06. The Morgan fingerprint density at radius 1 is 0.691 bits per heavy atom. The van der Waals surface area contributed by atoms with Crippen molar-refractivity contribution in [2.24, 2.45) is 5.41 Å². The molecule has 0 spiro atoms. The van der Waals surface area contributed by atoms with Gasteiger partial charge in [-0.2, -0.15) is 13.2 Å². The van der Waals surface area contributed by atoms with Crippen LogP contribution in [0.1, 0.15) is 75.5 Å². The smallest absolute Gasteiger partial charge is 0.394 e.